The second-order valence-electron chi connectivity index (χ2n) is 2.41. The van der Waals surface area contributed by atoms with Crippen molar-refractivity contribution in [3.8, 4) is 0 Å². The van der Waals surface area contributed by atoms with Gasteiger partial charge in [-0.25, -0.2) is 0 Å². The maximum atomic E-state index is 10.3. The first-order valence-electron chi connectivity index (χ1n) is 3.91. The maximum absolute atomic E-state index is 10.3. The molecule has 0 bridgehead atoms. The second kappa shape index (κ2) is 6.93. The average Bonchev–Trinajstić information content (AvgIpc) is 2.08. The summed E-state index contributed by atoms with van der Waals surface area (Å²) in [7, 11) is 0. The summed E-state index contributed by atoms with van der Waals surface area (Å²) in [4.78, 5) is 10.3. The molecule has 0 aromatic heterocycles. The standard InChI is InChI=1S/C8H10Cl3NO3/c1-6(13)14-4-2-3-5-15-7(12)8(9,10)11/h2-3,12H,4-5H2,1H3/b3-2-,12-7?. The van der Waals surface area contributed by atoms with E-state index in [0.717, 1.165) is 0 Å². The third-order valence-electron chi connectivity index (χ3n) is 1.13. The van der Waals surface area contributed by atoms with Crippen molar-refractivity contribution in [2.24, 2.45) is 0 Å². The first kappa shape index (κ1) is 14.6. The summed E-state index contributed by atoms with van der Waals surface area (Å²) in [6.45, 7) is 1.54. The highest BCUT2D eigenvalue weighted by molar-refractivity contribution is 6.76. The number of nitrogens with one attached hydrogen (secondary N) is 1. The van der Waals surface area contributed by atoms with Crippen molar-refractivity contribution in [3.63, 3.8) is 0 Å². The first-order valence-corrected chi connectivity index (χ1v) is 5.04. The van der Waals surface area contributed by atoms with Gasteiger partial charge in [0.05, 0.1) is 0 Å². The van der Waals surface area contributed by atoms with Gasteiger partial charge >= 0.3 is 5.97 Å². The van der Waals surface area contributed by atoms with Crippen molar-refractivity contribution >= 4 is 46.7 Å². The Hall–Kier alpha value is -0.450. The molecule has 0 aliphatic heterocycles. The fourth-order valence-electron chi connectivity index (χ4n) is 0.515. The highest BCUT2D eigenvalue weighted by Gasteiger charge is 2.28. The van der Waals surface area contributed by atoms with Gasteiger partial charge in [-0.05, 0) is 12.2 Å². The fourth-order valence-corrected chi connectivity index (χ4v) is 0.678. The van der Waals surface area contributed by atoms with Gasteiger partial charge in [0.15, 0.2) is 0 Å². The van der Waals surface area contributed by atoms with Gasteiger partial charge in [0.2, 0.25) is 5.90 Å². The lowest BCUT2D eigenvalue weighted by molar-refractivity contribution is -0.139. The zero-order chi connectivity index (χ0) is 11.9. The van der Waals surface area contributed by atoms with Crippen LogP contribution < -0.4 is 0 Å². The van der Waals surface area contributed by atoms with Crippen LogP contribution in [0.25, 0.3) is 0 Å². The third kappa shape index (κ3) is 8.54. The van der Waals surface area contributed by atoms with Crippen LogP contribution in [0.15, 0.2) is 12.2 Å². The number of carbonyl (C=O) groups is 1. The summed E-state index contributed by atoms with van der Waals surface area (Å²) >= 11 is 16.1. The summed E-state index contributed by atoms with van der Waals surface area (Å²) < 4.78 is 7.53. The monoisotopic (exact) mass is 273 g/mol. The molecule has 0 heterocycles. The third-order valence-corrected chi connectivity index (χ3v) is 1.65. The highest BCUT2D eigenvalue weighted by Crippen LogP contribution is 2.27. The lowest BCUT2D eigenvalue weighted by Crippen LogP contribution is -2.21. The van der Waals surface area contributed by atoms with Gasteiger partial charge in [-0.1, -0.05) is 34.8 Å². The van der Waals surface area contributed by atoms with E-state index in [-0.39, 0.29) is 19.2 Å². The number of esters is 1. The Kier molecular flexibility index (Phi) is 6.72. The van der Waals surface area contributed by atoms with Gasteiger partial charge in [0, 0.05) is 6.92 Å². The lowest BCUT2D eigenvalue weighted by atomic mass is 10.5. The molecule has 0 fully saturated rings. The topological polar surface area (TPSA) is 59.4 Å². The van der Waals surface area contributed by atoms with Crippen molar-refractivity contribution in [3.05, 3.63) is 12.2 Å². The summed E-state index contributed by atoms with van der Waals surface area (Å²) in [6.07, 6.45) is 3.11. The molecule has 4 nitrogen and oxygen atoms in total. The Labute approximate surface area is 103 Å². The minimum Gasteiger partial charge on any atom is -0.474 e. The van der Waals surface area contributed by atoms with E-state index < -0.39 is 9.69 Å². The molecule has 0 spiro atoms. The van der Waals surface area contributed by atoms with E-state index in [9.17, 15) is 4.79 Å². The summed E-state index contributed by atoms with van der Waals surface area (Å²) in [6, 6.07) is 0. The SMILES string of the molecule is CC(=O)OC/C=C\COC(=N)C(Cl)(Cl)Cl. The minimum atomic E-state index is -1.84. The van der Waals surface area contributed by atoms with Crippen LogP contribution in [0, 0.1) is 5.41 Å². The van der Waals surface area contributed by atoms with Crippen LogP contribution in [0.3, 0.4) is 0 Å². The number of hydrogen-bond acceptors (Lipinski definition) is 4. The molecule has 0 aliphatic carbocycles. The van der Waals surface area contributed by atoms with E-state index in [2.05, 4.69) is 4.74 Å². The van der Waals surface area contributed by atoms with Gasteiger partial charge in [-0.2, -0.15) is 0 Å². The molecule has 0 amide bonds. The largest absolute Gasteiger partial charge is 0.474 e. The maximum Gasteiger partial charge on any atom is 0.302 e. The molecular weight excluding hydrogens is 264 g/mol. The van der Waals surface area contributed by atoms with Crippen LogP contribution in [-0.4, -0.2) is 28.9 Å². The molecule has 0 atom stereocenters. The normalized spacial score (nSPS) is 11.5. The Morgan fingerprint density at radius 2 is 1.73 bits per heavy atom. The predicted molar refractivity (Wildman–Crippen MR) is 59.7 cm³/mol. The van der Waals surface area contributed by atoms with Gasteiger partial charge in [-0.3, -0.25) is 10.2 Å². The summed E-state index contributed by atoms with van der Waals surface area (Å²) in [5, 5.41) is 7.15. The highest BCUT2D eigenvalue weighted by atomic mass is 35.6. The number of alkyl halides is 3. The van der Waals surface area contributed by atoms with Crippen molar-refractivity contribution < 1.29 is 14.3 Å². The quantitative estimate of drug-likeness (QED) is 0.282. The van der Waals surface area contributed by atoms with E-state index in [4.69, 9.17) is 44.9 Å². The first-order chi connectivity index (χ1) is 6.84. The van der Waals surface area contributed by atoms with E-state index in [0.29, 0.717) is 0 Å². The average molecular weight is 275 g/mol. The molecule has 1 N–H and O–H groups in total. The van der Waals surface area contributed by atoms with Crippen LogP contribution >= 0.6 is 34.8 Å². The van der Waals surface area contributed by atoms with Crippen molar-refractivity contribution in [1.29, 1.82) is 5.41 Å². The molecule has 0 aromatic carbocycles. The van der Waals surface area contributed by atoms with Gasteiger partial charge < -0.3 is 9.47 Å². The lowest BCUT2D eigenvalue weighted by Gasteiger charge is -2.11. The van der Waals surface area contributed by atoms with Crippen molar-refractivity contribution in [1.82, 2.24) is 0 Å². The van der Waals surface area contributed by atoms with Crippen LogP contribution in [-0.2, 0) is 14.3 Å². The Morgan fingerprint density at radius 1 is 1.27 bits per heavy atom. The molecular formula is C8H10Cl3NO3. The van der Waals surface area contributed by atoms with Gasteiger partial charge in [0.25, 0.3) is 3.79 Å². The van der Waals surface area contributed by atoms with E-state index in [1.54, 1.807) is 12.2 Å². The number of hydrogen-bond donors (Lipinski definition) is 1. The second-order valence-corrected chi connectivity index (χ2v) is 4.69. The smallest absolute Gasteiger partial charge is 0.302 e. The van der Waals surface area contributed by atoms with E-state index in [1.807, 2.05) is 0 Å². The predicted octanol–water partition coefficient (Wildman–Crippen LogP) is 2.47. The number of ether oxygens (including phenoxy) is 2. The molecule has 0 saturated carbocycles. The van der Waals surface area contributed by atoms with Crippen molar-refractivity contribution in [2.45, 2.75) is 10.7 Å². The molecule has 86 valence electrons. The number of carbonyl (C=O) groups excluding carboxylic acids is 1. The van der Waals surface area contributed by atoms with Gasteiger partial charge in [-0.15, -0.1) is 0 Å². The summed E-state index contributed by atoms with van der Waals surface area (Å²) in [5.41, 5.74) is 0. The molecule has 0 radical (unpaired) electrons. The molecule has 7 heteroatoms. The Morgan fingerprint density at radius 3 is 2.13 bits per heavy atom. The van der Waals surface area contributed by atoms with E-state index >= 15 is 0 Å². The summed E-state index contributed by atoms with van der Waals surface area (Å²) in [5.74, 6) is -0.820. The van der Waals surface area contributed by atoms with Gasteiger partial charge in [0.1, 0.15) is 13.2 Å². The zero-order valence-electron chi connectivity index (χ0n) is 7.93. The van der Waals surface area contributed by atoms with Crippen molar-refractivity contribution in [2.75, 3.05) is 13.2 Å². The molecule has 0 aromatic rings. The fraction of sp³-hybridized carbons (Fsp3) is 0.500. The molecule has 0 unspecified atom stereocenters. The van der Waals surface area contributed by atoms with Crippen LogP contribution in [0.4, 0.5) is 0 Å². The van der Waals surface area contributed by atoms with Crippen LogP contribution in [0.2, 0.25) is 0 Å². The minimum absolute atomic E-state index is 0.0774. The van der Waals surface area contributed by atoms with Crippen LogP contribution in [0.1, 0.15) is 6.92 Å². The van der Waals surface area contributed by atoms with E-state index in [1.165, 1.54) is 6.92 Å². The molecule has 15 heavy (non-hydrogen) atoms. The molecule has 0 rings (SSSR count). The Bertz CT molecular complexity index is 260. The zero-order valence-corrected chi connectivity index (χ0v) is 10.2. The molecule has 0 aliphatic rings. The Balaban J connectivity index is 3.62. The molecule has 0 saturated heterocycles. The van der Waals surface area contributed by atoms with Crippen LogP contribution in [0.5, 0.6) is 0 Å². The number of rotatable bonds is 4. The number of halogens is 3.